The zero-order chi connectivity index (χ0) is 24.3. The number of fused-ring (bicyclic) bond motifs is 1. The Balaban J connectivity index is 2.16. The van der Waals surface area contributed by atoms with E-state index in [1.54, 1.807) is 11.6 Å². The Kier molecular flexibility index (Phi) is 7.58. The van der Waals surface area contributed by atoms with Crippen LogP contribution in [0.4, 0.5) is 5.69 Å². The van der Waals surface area contributed by atoms with Gasteiger partial charge in [0.15, 0.2) is 0 Å². The number of piperazine rings is 1. The lowest BCUT2D eigenvalue weighted by atomic mass is 10.1. The molecule has 1 fully saturated rings. The number of hydrogen-bond donors (Lipinski definition) is 2. The van der Waals surface area contributed by atoms with Crippen LogP contribution < -0.4 is 15.8 Å². The van der Waals surface area contributed by atoms with E-state index in [0.717, 1.165) is 37.4 Å². The average molecular weight is 454 g/mol. The van der Waals surface area contributed by atoms with Crippen molar-refractivity contribution in [3.05, 3.63) is 45.8 Å². The molecule has 8 heteroatoms. The number of hydrogen-bond acceptors (Lipinski definition) is 6. The number of carbonyl (C=O) groups is 1. The molecule has 0 saturated carbocycles. The van der Waals surface area contributed by atoms with Crippen LogP contribution in [0.25, 0.3) is 10.9 Å². The van der Waals surface area contributed by atoms with E-state index in [9.17, 15) is 14.7 Å². The molecule has 0 atom stereocenters. The first kappa shape index (κ1) is 24.5. The lowest BCUT2D eigenvalue weighted by molar-refractivity contribution is 0.0972. The van der Waals surface area contributed by atoms with Gasteiger partial charge >= 0.3 is 0 Å². The molecule has 2 heterocycles. The molecular weight excluding hydrogens is 418 g/mol. The normalized spacial score (nSPS) is 16.0. The van der Waals surface area contributed by atoms with Gasteiger partial charge in [-0.25, -0.2) is 0 Å². The Hall–Kier alpha value is -3.13. The molecule has 33 heavy (non-hydrogen) atoms. The summed E-state index contributed by atoms with van der Waals surface area (Å²) in [6.07, 6.45) is 1.82. The number of nitrogens with zero attached hydrogens (tertiary/aromatic N) is 4. The highest BCUT2D eigenvalue weighted by molar-refractivity contribution is 6.14. The first-order valence-corrected chi connectivity index (χ1v) is 11.4. The molecule has 1 aromatic heterocycles. The SMILES string of the molecule is C/C=C(/C)C(=NC)NC(=O)c1c(O)c2cc(N3CCN(C)CC3)ccc2n(CC(C)C)c1=O. The fourth-order valence-electron chi connectivity index (χ4n) is 4.08. The second kappa shape index (κ2) is 10.2. The van der Waals surface area contributed by atoms with Crippen LogP contribution in [-0.4, -0.2) is 66.6 Å². The van der Waals surface area contributed by atoms with Gasteiger partial charge in [0.2, 0.25) is 0 Å². The number of pyridine rings is 1. The average Bonchev–Trinajstić information content (AvgIpc) is 2.79. The molecule has 0 radical (unpaired) electrons. The monoisotopic (exact) mass is 453 g/mol. The fraction of sp³-hybridized carbons (Fsp3) is 0.480. The zero-order valence-electron chi connectivity index (χ0n) is 20.5. The number of nitrogens with one attached hydrogen (secondary N) is 1. The zero-order valence-corrected chi connectivity index (χ0v) is 20.5. The van der Waals surface area contributed by atoms with Crippen LogP contribution in [0.2, 0.25) is 0 Å². The third kappa shape index (κ3) is 5.11. The van der Waals surface area contributed by atoms with Gasteiger partial charge in [-0.3, -0.25) is 14.6 Å². The van der Waals surface area contributed by atoms with Gasteiger partial charge in [-0.15, -0.1) is 0 Å². The van der Waals surface area contributed by atoms with Crippen molar-refractivity contribution < 1.29 is 9.90 Å². The largest absolute Gasteiger partial charge is 0.506 e. The predicted molar refractivity (Wildman–Crippen MR) is 135 cm³/mol. The summed E-state index contributed by atoms with van der Waals surface area (Å²) in [6.45, 7) is 11.8. The number of likely N-dealkylation sites (N-methyl/N-ethyl adjacent to an activating group) is 1. The van der Waals surface area contributed by atoms with Crippen molar-refractivity contribution in [1.82, 2.24) is 14.8 Å². The molecule has 2 aromatic rings. The van der Waals surface area contributed by atoms with Crippen LogP contribution in [0.3, 0.4) is 0 Å². The predicted octanol–water partition coefficient (Wildman–Crippen LogP) is 2.84. The van der Waals surface area contributed by atoms with Crippen LogP contribution in [0.5, 0.6) is 5.75 Å². The molecule has 1 aliphatic heterocycles. The van der Waals surface area contributed by atoms with Crippen molar-refractivity contribution in [3.63, 3.8) is 0 Å². The Bertz CT molecular complexity index is 1150. The molecule has 0 bridgehead atoms. The number of amides is 1. The van der Waals surface area contributed by atoms with Gasteiger partial charge in [-0.2, -0.15) is 0 Å². The smallest absolute Gasteiger partial charge is 0.267 e. The lowest BCUT2D eigenvalue weighted by Gasteiger charge is -2.34. The highest BCUT2D eigenvalue weighted by atomic mass is 16.3. The van der Waals surface area contributed by atoms with Gasteiger partial charge in [-0.1, -0.05) is 19.9 Å². The molecule has 1 aliphatic rings. The molecule has 2 N–H and O–H groups in total. The van der Waals surface area contributed by atoms with Gasteiger partial charge < -0.3 is 24.8 Å². The Morgan fingerprint density at radius 1 is 1.24 bits per heavy atom. The Labute approximate surface area is 195 Å². The number of amidine groups is 1. The molecular formula is C25H35N5O3. The number of benzene rings is 1. The van der Waals surface area contributed by atoms with Crippen LogP contribution >= 0.6 is 0 Å². The van der Waals surface area contributed by atoms with E-state index in [1.807, 2.05) is 52.0 Å². The quantitative estimate of drug-likeness (QED) is 0.537. The molecule has 0 unspecified atom stereocenters. The minimum absolute atomic E-state index is 0.182. The number of anilines is 1. The summed E-state index contributed by atoms with van der Waals surface area (Å²) in [5.74, 6) is -0.412. The molecule has 0 spiro atoms. The first-order valence-electron chi connectivity index (χ1n) is 11.4. The lowest BCUT2D eigenvalue weighted by Crippen LogP contribution is -2.44. The maximum absolute atomic E-state index is 13.4. The number of aromatic nitrogens is 1. The molecule has 8 nitrogen and oxygen atoms in total. The second-order valence-electron chi connectivity index (χ2n) is 9.02. The molecule has 1 saturated heterocycles. The van der Waals surface area contributed by atoms with Crippen LogP contribution in [0.15, 0.2) is 39.6 Å². The third-order valence-electron chi connectivity index (χ3n) is 6.13. The number of aliphatic imine (C=N–C) groups is 1. The first-order chi connectivity index (χ1) is 15.7. The minimum Gasteiger partial charge on any atom is -0.506 e. The minimum atomic E-state index is -0.663. The summed E-state index contributed by atoms with van der Waals surface area (Å²) in [5, 5.41) is 14.3. The summed E-state index contributed by atoms with van der Waals surface area (Å²) in [4.78, 5) is 35.2. The van der Waals surface area contributed by atoms with Gasteiger partial charge in [0.1, 0.15) is 17.1 Å². The molecule has 1 aromatic carbocycles. The highest BCUT2D eigenvalue weighted by Crippen LogP contribution is 2.31. The van der Waals surface area contributed by atoms with Crippen molar-refractivity contribution in [2.75, 3.05) is 45.2 Å². The molecule has 1 amide bonds. The van der Waals surface area contributed by atoms with Crippen molar-refractivity contribution in [3.8, 4) is 5.75 Å². The summed E-state index contributed by atoms with van der Waals surface area (Å²) < 4.78 is 1.59. The number of allylic oxidation sites excluding steroid dienone is 1. The van der Waals surface area contributed by atoms with E-state index in [0.29, 0.717) is 23.3 Å². The standard InChI is InChI=1S/C25H35N5O3/c1-7-17(4)23(26-5)27-24(32)21-22(31)19-14-18(29-12-10-28(6)11-13-29)8-9-20(19)30(25(21)33)15-16(2)3/h7-9,14,16,31H,10-13,15H2,1-6H3,(H,26,27,32)/b17-7-. The van der Waals surface area contributed by atoms with Crippen molar-refractivity contribution in [2.45, 2.75) is 34.2 Å². The van der Waals surface area contributed by atoms with Crippen molar-refractivity contribution >= 4 is 28.3 Å². The van der Waals surface area contributed by atoms with Gasteiger partial charge in [0, 0.05) is 50.8 Å². The Morgan fingerprint density at radius 3 is 2.48 bits per heavy atom. The molecule has 0 aliphatic carbocycles. The van der Waals surface area contributed by atoms with Gasteiger partial charge in [0.05, 0.1) is 5.52 Å². The van der Waals surface area contributed by atoms with Crippen molar-refractivity contribution in [1.29, 1.82) is 0 Å². The number of carbonyl (C=O) groups excluding carboxylic acids is 1. The van der Waals surface area contributed by atoms with E-state index in [4.69, 9.17) is 0 Å². The number of rotatable bonds is 5. The molecule has 3 rings (SSSR count). The number of aromatic hydroxyl groups is 1. The van der Waals surface area contributed by atoms with E-state index < -0.39 is 11.5 Å². The van der Waals surface area contributed by atoms with E-state index >= 15 is 0 Å². The van der Waals surface area contributed by atoms with Crippen molar-refractivity contribution in [2.24, 2.45) is 10.9 Å². The molecule has 178 valence electrons. The van der Waals surface area contributed by atoms with Crippen LogP contribution in [-0.2, 0) is 6.54 Å². The summed E-state index contributed by atoms with van der Waals surface area (Å²) in [7, 11) is 3.67. The highest BCUT2D eigenvalue weighted by Gasteiger charge is 2.25. The topological polar surface area (TPSA) is 90.2 Å². The summed E-state index contributed by atoms with van der Waals surface area (Å²) in [6, 6.07) is 5.74. The summed E-state index contributed by atoms with van der Waals surface area (Å²) >= 11 is 0. The second-order valence-corrected chi connectivity index (χ2v) is 9.02. The maximum Gasteiger partial charge on any atom is 0.267 e. The third-order valence-corrected chi connectivity index (χ3v) is 6.13. The summed E-state index contributed by atoms with van der Waals surface area (Å²) in [5.41, 5.74) is 1.59. The van der Waals surface area contributed by atoms with Gasteiger partial charge in [-0.05, 0) is 50.6 Å². The Morgan fingerprint density at radius 2 is 1.91 bits per heavy atom. The van der Waals surface area contributed by atoms with E-state index in [2.05, 4.69) is 27.2 Å². The van der Waals surface area contributed by atoms with E-state index in [1.165, 1.54) is 0 Å². The van der Waals surface area contributed by atoms with Crippen LogP contribution in [0, 0.1) is 5.92 Å². The maximum atomic E-state index is 13.4. The van der Waals surface area contributed by atoms with Gasteiger partial charge in [0.25, 0.3) is 11.5 Å². The fourth-order valence-corrected chi connectivity index (χ4v) is 4.08. The van der Waals surface area contributed by atoms with Crippen LogP contribution in [0.1, 0.15) is 38.1 Å². The van der Waals surface area contributed by atoms with E-state index in [-0.39, 0.29) is 17.2 Å².